The largest absolute Gasteiger partial charge is 0.508 e. The third kappa shape index (κ3) is 2.25. The van der Waals surface area contributed by atoms with Crippen LogP contribution in [0.1, 0.15) is 11.3 Å². The quantitative estimate of drug-likeness (QED) is 0.726. The number of benzene rings is 1. The molecule has 0 atom stereocenters. The minimum Gasteiger partial charge on any atom is -0.508 e. The predicted octanol–water partition coefficient (Wildman–Crippen LogP) is 1.16. The minimum absolute atomic E-state index is 0.208. The van der Waals surface area contributed by atoms with Gasteiger partial charge in [0.25, 0.3) is 0 Å². The molecule has 1 heterocycles. The Morgan fingerprint density at radius 3 is 2.38 bits per heavy atom. The van der Waals surface area contributed by atoms with Crippen LogP contribution in [0.3, 0.4) is 0 Å². The van der Waals surface area contributed by atoms with Crippen molar-refractivity contribution in [2.24, 2.45) is 0 Å². The molecule has 0 amide bonds. The molecule has 0 saturated carbocycles. The number of aromatic hydroxyl groups is 2. The second-order valence-corrected chi connectivity index (χ2v) is 3.45. The van der Waals surface area contributed by atoms with Crippen molar-refractivity contribution in [2.75, 3.05) is 0 Å². The topological polar surface area (TPSA) is 86.5 Å². The first-order valence-electron chi connectivity index (χ1n) is 4.84. The first-order valence-corrected chi connectivity index (χ1v) is 4.84. The highest BCUT2D eigenvalue weighted by molar-refractivity contribution is 5.26. The number of H-pyrrole nitrogens is 1. The number of aryl methyl sites for hydroxylation is 2. The average Bonchev–Trinajstić information content (AvgIpc) is 2.57. The lowest BCUT2D eigenvalue weighted by atomic mass is 10.1. The molecular formula is C11H11NO4. The van der Waals surface area contributed by atoms with Crippen LogP contribution in [0.5, 0.6) is 11.6 Å². The fraction of sp³-hybridized carbons (Fsp3) is 0.182. The summed E-state index contributed by atoms with van der Waals surface area (Å²) in [4.78, 5) is 12.9. The van der Waals surface area contributed by atoms with E-state index in [1.807, 2.05) is 0 Å². The molecule has 5 nitrogen and oxygen atoms in total. The molecule has 0 aliphatic carbocycles. The van der Waals surface area contributed by atoms with Gasteiger partial charge in [0, 0.05) is 6.42 Å². The smallest absolute Gasteiger partial charge is 0.419 e. The molecule has 0 spiro atoms. The van der Waals surface area contributed by atoms with Crippen molar-refractivity contribution in [1.82, 2.24) is 4.98 Å². The molecule has 1 aromatic heterocycles. The summed E-state index contributed by atoms with van der Waals surface area (Å²) in [6, 6.07) is 6.72. The Kier molecular flexibility index (Phi) is 2.68. The zero-order valence-corrected chi connectivity index (χ0v) is 8.43. The summed E-state index contributed by atoms with van der Waals surface area (Å²) < 4.78 is 4.75. The van der Waals surface area contributed by atoms with E-state index in [2.05, 4.69) is 4.98 Å². The zero-order chi connectivity index (χ0) is 11.5. The third-order valence-corrected chi connectivity index (χ3v) is 2.28. The maximum absolute atomic E-state index is 10.8. The van der Waals surface area contributed by atoms with Gasteiger partial charge in [0.05, 0.1) is 0 Å². The number of aromatic nitrogens is 1. The van der Waals surface area contributed by atoms with Gasteiger partial charge in [-0.1, -0.05) is 12.1 Å². The van der Waals surface area contributed by atoms with Crippen LogP contribution in [0.15, 0.2) is 33.5 Å². The Morgan fingerprint density at radius 2 is 1.81 bits per heavy atom. The Morgan fingerprint density at radius 1 is 1.12 bits per heavy atom. The SMILES string of the molecule is O=c1[nH]c(O)c(CCc2ccc(O)cc2)o1. The van der Waals surface area contributed by atoms with Gasteiger partial charge < -0.3 is 14.6 Å². The third-order valence-electron chi connectivity index (χ3n) is 2.28. The lowest BCUT2D eigenvalue weighted by Crippen LogP contribution is -1.93. The summed E-state index contributed by atoms with van der Waals surface area (Å²) in [5.74, 6) is -0.417. The lowest BCUT2D eigenvalue weighted by molar-refractivity contribution is 0.420. The molecule has 2 rings (SSSR count). The highest BCUT2D eigenvalue weighted by Crippen LogP contribution is 2.15. The first-order chi connectivity index (χ1) is 7.65. The van der Waals surface area contributed by atoms with Crippen molar-refractivity contribution in [2.45, 2.75) is 12.8 Å². The van der Waals surface area contributed by atoms with Crippen LogP contribution in [0, 0.1) is 0 Å². The van der Waals surface area contributed by atoms with Gasteiger partial charge in [0.2, 0.25) is 5.88 Å². The van der Waals surface area contributed by atoms with Crippen LogP contribution in [0.25, 0.3) is 0 Å². The normalized spacial score (nSPS) is 10.5. The van der Waals surface area contributed by atoms with E-state index in [4.69, 9.17) is 9.52 Å². The van der Waals surface area contributed by atoms with Gasteiger partial charge in [-0.15, -0.1) is 0 Å². The Hall–Kier alpha value is -2.17. The van der Waals surface area contributed by atoms with Gasteiger partial charge in [-0.3, -0.25) is 4.98 Å². The number of phenols is 1. The molecule has 0 aliphatic heterocycles. The first kappa shape index (κ1) is 10.4. The summed E-state index contributed by atoms with van der Waals surface area (Å²) >= 11 is 0. The molecular weight excluding hydrogens is 210 g/mol. The summed E-state index contributed by atoms with van der Waals surface area (Å²) in [7, 11) is 0. The van der Waals surface area contributed by atoms with Gasteiger partial charge in [0.15, 0.2) is 5.76 Å². The standard InChI is InChI=1S/C11H11NO4/c13-8-4-1-7(2-5-8)3-6-9-10(14)12-11(15)16-9/h1-2,4-5,13-14H,3,6H2,(H,12,15). The Bertz CT molecular complexity index is 524. The maximum atomic E-state index is 10.8. The van der Waals surface area contributed by atoms with Gasteiger partial charge in [-0.2, -0.15) is 0 Å². The fourth-order valence-electron chi connectivity index (χ4n) is 1.44. The Balaban J connectivity index is 2.05. The molecule has 0 unspecified atom stereocenters. The van der Waals surface area contributed by atoms with Gasteiger partial charge in [0.1, 0.15) is 5.75 Å². The van der Waals surface area contributed by atoms with Gasteiger partial charge in [-0.05, 0) is 24.1 Å². The van der Waals surface area contributed by atoms with Crippen molar-refractivity contribution in [3.8, 4) is 11.6 Å². The highest BCUT2D eigenvalue weighted by atomic mass is 16.4. The van der Waals surface area contributed by atoms with Crippen molar-refractivity contribution < 1.29 is 14.6 Å². The van der Waals surface area contributed by atoms with E-state index in [1.54, 1.807) is 24.3 Å². The van der Waals surface area contributed by atoms with E-state index in [9.17, 15) is 9.90 Å². The average molecular weight is 221 g/mol. The molecule has 16 heavy (non-hydrogen) atoms. The fourth-order valence-corrected chi connectivity index (χ4v) is 1.44. The summed E-state index contributed by atoms with van der Waals surface area (Å²) in [5.41, 5.74) is 0.987. The number of phenolic OH excluding ortho intramolecular Hbond substituents is 1. The zero-order valence-electron chi connectivity index (χ0n) is 8.43. The number of nitrogens with one attached hydrogen (secondary N) is 1. The van der Waals surface area contributed by atoms with Crippen molar-refractivity contribution >= 4 is 0 Å². The second kappa shape index (κ2) is 4.14. The molecule has 0 fully saturated rings. The summed E-state index contributed by atoms with van der Waals surface area (Å²) in [6.07, 6.45) is 1.05. The van der Waals surface area contributed by atoms with Gasteiger partial charge in [-0.25, -0.2) is 4.79 Å². The maximum Gasteiger partial charge on any atom is 0.419 e. The van der Waals surface area contributed by atoms with E-state index < -0.39 is 5.76 Å². The van der Waals surface area contributed by atoms with E-state index >= 15 is 0 Å². The van der Waals surface area contributed by atoms with E-state index in [0.717, 1.165) is 5.56 Å². The molecule has 5 heteroatoms. The molecule has 0 radical (unpaired) electrons. The van der Waals surface area contributed by atoms with E-state index in [0.29, 0.717) is 12.8 Å². The molecule has 0 aliphatic rings. The second-order valence-electron chi connectivity index (χ2n) is 3.45. The number of oxazole rings is 1. The predicted molar refractivity (Wildman–Crippen MR) is 56.5 cm³/mol. The molecule has 3 N–H and O–H groups in total. The van der Waals surface area contributed by atoms with Crippen molar-refractivity contribution in [3.05, 3.63) is 46.1 Å². The van der Waals surface area contributed by atoms with Crippen LogP contribution >= 0.6 is 0 Å². The number of hydrogen-bond donors (Lipinski definition) is 3. The van der Waals surface area contributed by atoms with Crippen LogP contribution in [-0.4, -0.2) is 15.2 Å². The molecule has 1 aromatic carbocycles. The highest BCUT2D eigenvalue weighted by Gasteiger charge is 2.08. The Labute approximate surface area is 91.0 Å². The summed E-state index contributed by atoms with van der Waals surface area (Å²) in [5, 5.41) is 18.3. The van der Waals surface area contributed by atoms with Crippen LogP contribution in [-0.2, 0) is 12.8 Å². The minimum atomic E-state index is -0.654. The van der Waals surface area contributed by atoms with Crippen LogP contribution in [0.4, 0.5) is 0 Å². The molecule has 84 valence electrons. The van der Waals surface area contributed by atoms with Crippen LogP contribution < -0.4 is 5.76 Å². The molecule has 0 saturated heterocycles. The number of aromatic amines is 1. The van der Waals surface area contributed by atoms with Gasteiger partial charge >= 0.3 is 5.76 Å². The monoisotopic (exact) mass is 221 g/mol. The molecule has 0 bridgehead atoms. The van der Waals surface area contributed by atoms with Crippen molar-refractivity contribution in [1.29, 1.82) is 0 Å². The van der Waals surface area contributed by atoms with Crippen molar-refractivity contribution in [3.63, 3.8) is 0 Å². The van der Waals surface area contributed by atoms with E-state index in [-0.39, 0.29) is 17.4 Å². The van der Waals surface area contributed by atoms with E-state index in [1.165, 1.54) is 0 Å². The van der Waals surface area contributed by atoms with Crippen LogP contribution in [0.2, 0.25) is 0 Å². The summed E-state index contributed by atoms with van der Waals surface area (Å²) in [6.45, 7) is 0. The number of rotatable bonds is 3. The number of hydrogen-bond acceptors (Lipinski definition) is 4. The molecule has 2 aromatic rings. The lowest BCUT2D eigenvalue weighted by Gasteiger charge is -1.99.